The summed E-state index contributed by atoms with van der Waals surface area (Å²) < 4.78 is 47.3. The highest BCUT2D eigenvalue weighted by atomic mass is 19.4. The predicted molar refractivity (Wildman–Crippen MR) is 118 cm³/mol. The van der Waals surface area contributed by atoms with Crippen LogP contribution in [0, 0.1) is 6.92 Å². The van der Waals surface area contributed by atoms with Crippen molar-refractivity contribution in [2.45, 2.75) is 32.6 Å². The zero-order valence-corrected chi connectivity index (χ0v) is 18.3. The van der Waals surface area contributed by atoms with Gasteiger partial charge in [-0.25, -0.2) is 4.68 Å². The highest BCUT2D eigenvalue weighted by Crippen LogP contribution is 2.34. The van der Waals surface area contributed by atoms with Crippen molar-refractivity contribution >= 4 is 5.91 Å². The van der Waals surface area contributed by atoms with E-state index in [1.807, 2.05) is 19.1 Å². The van der Waals surface area contributed by atoms with Gasteiger partial charge in [0.05, 0.1) is 11.7 Å². The molecule has 0 spiro atoms. The summed E-state index contributed by atoms with van der Waals surface area (Å²) in [5.41, 5.74) is 6.95. The minimum Gasteiger partial charge on any atom is -0.415 e. The first-order valence-electron chi connectivity index (χ1n) is 10.3. The number of carbonyl (C=O) groups excluding carboxylic acids is 1. The number of nitrogens with one attached hydrogen (secondary N) is 1. The van der Waals surface area contributed by atoms with Crippen LogP contribution in [0.3, 0.4) is 0 Å². The summed E-state index contributed by atoms with van der Waals surface area (Å²) in [4.78, 5) is 11.8. The number of aryl methyl sites for hydroxylation is 1. The standard InChI is InChI=1S/C23H21F3N6O2/c1-13-6-3-4-9-17(13)21-29-30-22(34-21)18-11-19(23(24,25)26)31-32(18)16-8-5-7-15(10-16)12-28-20(33)14(2)27/h3-11,14H,12,27H2,1-2H3,(H,28,33)/t14-/m0/s1. The van der Waals surface area contributed by atoms with Gasteiger partial charge in [0, 0.05) is 18.2 Å². The fourth-order valence-electron chi connectivity index (χ4n) is 3.27. The molecule has 2 aromatic heterocycles. The van der Waals surface area contributed by atoms with Crippen molar-refractivity contribution in [1.29, 1.82) is 0 Å². The van der Waals surface area contributed by atoms with E-state index in [1.165, 1.54) is 0 Å². The van der Waals surface area contributed by atoms with Gasteiger partial charge in [-0.2, -0.15) is 18.3 Å². The van der Waals surface area contributed by atoms with Gasteiger partial charge in [-0.1, -0.05) is 30.3 Å². The maximum absolute atomic E-state index is 13.5. The lowest BCUT2D eigenvalue weighted by molar-refractivity contribution is -0.141. The number of nitrogens with zero attached hydrogens (tertiary/aromatic N) is 4. The predicted octanol–water partition coefficient (Wildman–Crippen LogP) is 3.88. The van der Waals surface area contributed by atoms with Crippen molar-refractivity contribution in [2.75, 3.05) is 0 Å². The Morgan fingerprint density at radius 1 is 1.12 bits per heavy atom. The zero-order valence-electron chi connectivity index (χ0n) is 18.3. The van der Waals surface area contributed by atoms with Crippen LogP contribution in [0.1, 0.15) is 23.7 Å². The van der Waals surface area contributed by atoms with Crippen LogP contribution >= 0.6 is 0 Å². The Hall–Kier alpha value is -3.99. The molecule has 0 aliphatic carbocycles. The van der Waals surface area contributed by atoms with Gasteiger partial charge in [-0.05, 0) is 43.2 Å². The first-order chi connectivity index (χ1) is 16.1. The van der Waals surface area contributed by atoms with Crippen LogP contribution < -0.4 is 11.1 Å². The van der Waals surface area contributed by atoms with Crippen LogP contribution in [0.15, 0.2) is 59.0 Å². The molecule has 3 N–H and O–H groups in total. The molecule has 0 aliphatic rings. The maximum atomic E-state index is 13.5. The molecule has 4 rings (SSSR count). The lowest BCUT2D eigenvalue weighted by Gasteiger charge is -2.10. The van der Waals surface area contributed by atoms with Crippen molar-refractivity contribution in [3.05, 3.63) is 71.4 Å². The smallest absolute Gasteiger partial charge is 0.415 e. The highest BCUT2D eigenvalue weighted by Gasteiger charge is 2.36. The summed E-state index contributed by atoms with van der Waals surface area (Å²) in [6, 6.07) is 14.0. The Labute approximate surface area is 192 Å². The summed E-state index contributed by atoms with van der Waals surface area (Å²) in [6.07, 6.45) is -4.68. The van der Waals surface area contributed by atoms with Crippen LogP contribution in [-0.4, -0.2) is 31.9 Å². The average Bonchev–Trinajstić information content (AvgIpc) is 3.45. The molecular weight excluding hydrogens is 449 g/mol. The number of hydrogen-bond donors (Lipinski definition) is 2. The summed E-state index contributed by atoms with van der Waals surface area (Å²) in [7, 11) is 0. The molecule has 0 saturated carbocycles. The fraction of sp³-hybridized carbons (Fsp3) is 0.217. The second kappa shape index (κ2) is 9.10. The normalized spacial score (nSPS) is 12.5. The van der Waals surface area contributed by atoms with E-state index in [-0.39, 0.29) is 29.9 Å². The lowest BCUT2D eigenvalue weighted by Crippen LogP contribution is -2.37. The van der Waals surface area contributed by atoms with Gasteiger partial charge in [0.1, 0.15) is 5.69 Å². The molecule has 2 heterocycles. The van der Waals surface area contributed by atoms with Crippen LogP contribution in [0.25, 0.3) is 28.7 Å². The number of rotatable bonds is 6. The van der Waals surface area contributed by atoms with Crippen LogP contribution in [0.2, 0.25) is 0 Å². The molecule has 11 heteroatoms. The monoisotopic (exact) mass is 470 g/mol. The molecule has 176 valence electrons. The van der Waals surface area contributed by atoms with E-state index >= 15 is 0 Å². The molecule has 8 nitrogen and oxygen atoms in total. The molecule has 0 radical (unpaired) electrons. The molecule has 4 aromatic rings. The molecule has 1 atom stereocenters. The molecule has 2 aromatic carbocycles. The minimum atomic E-state index is -4.68. The molecule has 34 heavy (non-hydrogen) atoms. The molecule has 0 aliphatic heterocycles. The van der Waals surface area contributed by atoms with Gasteiger partial charge >= 0.3 is 6.18 Å². The summed E-state index contributed by atoms with van der Waals surface area (Å²) in [5, 5.41) is 14.4. The van der Waals surface area contributed by atoms with Crippen LogP contribution in [0.4, 0.5) is 13.2 Å². The number of aromatic nitrogens is 4. The minimum absolute atomic E-state index is 0.0172. The second-order valence-corrected chi connectivity index (χ2v) is 7.73. The second-order valence-electron chi connectivity index (χ2n) is 7.73. The molecule has 0 saturated heterocycles. The number of carbonyl (C=O) groups is 1. The van der Waals surface area contributed by atoms with Gasteiger partial charge < -0.3 is 15.5 Å². The maximum Gasteiger partial charge on any atom is 0.435 e. The average molecular weight is 470 g/mol. The Balaban J connectivity index is 1.74. The topological polar surface area (TPSA) is 112 Å². The van der Waals surface area contributed by atoms with Crippen molar-refractivity contribution in [3.63, 3.8) is 0 Å². The Bertz CT molecular complexity index is 1330. The number of halogens is 3. The van der Waals surface area contributed by atoms with E-state index in [2.05, 4.69) is 20.6 Å². The third kappa shape index (κ3) is 4.84. The first-order valence-corrected chi connectivity index (χ1v) is 10.3. The van der Waals surface area contributed by atoms with E-state index in [1.54, 1.807) is 43.3 Å². The first kappa shape index (κ1) is 23.2. The Morgan fingerprint density at radius 3 is 2.56 bits per heavy atom. The van der Waals surface area contributed by atoms with Crippen molar-refractivity contribution in [1.82, 2.24) is 25.3 Å². The number of nitrogens with two attached hydrogens (primary N) is 1. The van der Waals surface area contributed by atoms with Gasteiger partial charge in [0.15, 0.2) is 5.69 Å². The van der Waals surface area contributed by atoms with Crippen LogP contribution in [-0.2, 0) is 17.5 Å². The number of amides is 1. The number of alkyl halides is 3. The quantitative estimate of drug-likeness (QED) is 0.442. The number of benzene rings is 2. The molecule has 0 fully saturated rings. The van der Waals surface area contributed by atoms with E-state index < -0.39 is 17.9 Å². The third-order valence-electron chi connectivity index (χ3n) is 5.05. The fourth-order valence-corrected chi connectivity index (χ4v) is 3.27. The SMILES string of the molecule is Cc1ccccc1-c1nnc(-c2cc(C(F)(F)F)nn2-c2cccc(CNC(=O)[C@H](C)N)c2)o1. The van der Waals surface area contributed by atoms with E-state index in [0.29, 0.717) is 16.8 Å². The van der Waals surface area contributed by atoms with Crippen molar-refractivity contribution < 1.29 is 22.4 Å². The van der Waals surface area contributed by atoms with Gasteiger partial charge in [0.25, 0.3) is 5.89 Å². The third-order valence-corrected chi connectivity index (χ3v) is 5.05. The van der Waals surface area contributed by atoms with E-state index in [4.69, 9.17) is 10.2 Å². The summed E-state index contributed by atoms with van der Waals surface area (Å²) in [5.74, 6) is -0.280. The summed E-state index contributed by atoms with van der Waals surface area (Å²) in [6.45, 7) is 3.56. The zero-order chi connectivity index (χ0) is 24.5. The highest BCUT2D eigenvalue weighted by molar-refractivity contribution is 5.80. The largest absolute Gasteiger partial charge is 0.435 e. The Kier molecular flexibility index (Phi) is 6.20. The molecule has 0 bridgehead atoms. The van der Waals surface area contributed by atoms with Gasteiger partial charge in [0.2, 0.25) is 11.8 Å². The number of hydrogen-bond acceptors (Lipinski definition) is 6. The van der Waals surface area contributed by atoms with Crippen molar-refractivity contribution in [3.8, 4) is 28.7 Å². The van der Waals surface area contributed by atoms with E-state index in [9.17, 15) is 18.0 Å². The molecule has 1 amide bonds. The Morgan fingerprint density at radius 2 is 1.85 bits per heavy atom. The van der Waals surface area contributed by atoms with Crippen LogP contribution in [0.5, 0.6) is 0 Å². The molecular formula is C23H21F3N6O2. The van der Waals surface area contributed by atoms with E-state index in [0.717, 1.165) is 16.3 Å². The van der Waals surface area contributed by atoms with Gasteiger partial charge in [-0.15, -0.1) is 10.2 Å². The molecule has 0 unspecified atom stereocenters. The lowest BCUT2D eigenvalue weighted by atomic mass is 10.1. The summed E-state index contributed by atoms with van der Waals surface area (Å²) >= 11 is 0. The van der Waals surface area contributed by atoms with Gasteiger partial charge in [-0.3, -0.25) is 4.79 Å². The van der Waals surface area contributed by atoms with Crippen molar-refractivity contribution in [2.24, 2.45) is 5.73 Å².